The molecule has 2 unspecified atom stereocenters. The van der Waals surface area contributed by atoms with Crippen molar-refractivity contribution in [1.82, 2.24) is 10.3 Å². The highest BCUT2D eigenvalue weighted by atomic mass is 16.1. The molecule has 0 aliphatic heterocycles. The fourth-order valence-corrected chi connectivity index (χ4v) is 4.12. The molecule has 1 saturated carbocycles. The topological polar surface area (TPSA) is 42.0 Å². The highest BCUT2D eigenvalue weighted by molar-refractivity contribution is 5.94. The molecule has 1 aromatic heterocycles. The monoisotopic (exact) mass is 298 g/mol. The Kier molecular flexibility index (Phi) is 4.07. The van der Waals surface area contributed by atoms with E-state index in [-0.39, 0.29) is 11.9 Å². The number of nitrogens with zero attached hydrogens (tertiary/aromatic N) is 1. The maximum Gasteiger partial charge on any atom is 0.253 e. The van der Waals surface area contributed by atoms with Crippen LogP contribution in [0.15, 0.2) is 36.2 Å². The Bertz CT molecular complexity index is 580. The van der Waals surface area contributed by atoms with Gasteiger partial charge >= 0.3 is 0 Å². The fourth-order valence-electron chi connectivity index (χ4n) is 4.12. The van der Waals surface area contributed by atoms with Gasteiger partial charge in [0.2, 0.25) is 0 Å². The predicted molar refractivity (Wildman–Crippen MR) is 88.5 cm³/mol. The van der Waals surface area contributed by atoms with Crippen LogP contribution in [0.5, 0.6) is 0 Å². The standard InChI is InChI=1S/C19H26N2O/c1-13-6-7-16-11-17(8-9-19(16,3)14(13)2)21-18(22)15-5-4-10-20-12-15/h4-5,7,10,12-14,17H,6,8-9,11H2,1-3H3,(H,21,22)/t13?,14?,17-,19+/m0/s1. The minimum Gasteiger partial charge on any atom is -0.349 e. The van der Waals surface area contributed by atoms with E-state index in [1.165, 1.54) is 12.8 Å². The van der Waals surface area contributed by atoms with Crippen molar-refractivity contribution in [3.63, 3.8) is 0 Å². The Morgan fingerprint density at radius 3 is 2.95 bits per heavy atom. The second-order valence-corrected chi connectivity index (χ2v) is 7.30. The molecule has 1 aromatic rings. The smallest absolute Gasteiger partial charge is 0.253 e. The molecule has 0 aromatic carbocycles. The molecule has 1 fully saturated rings. The quantitative estimate of drug-likeness (QED) is 0.839. The third-order valence-corrected chi connectivity index (χ3v) is 6.07. The van der Waals surface area contributed by atoms with Crippen molar-refractivity contribution in [1.29, 1.82) is 0 Å². The van der Waals surface area contributed by atoms with E-state index in [4.69, 9.17) is 0 Å². The lowest BCUT2D eigenvalue weighted by Crippen LogP contribution is -2.45. The molecule has 0 radical (unpaired) electrons. The van der Waals surface area contributed by atoms with Crippen LogP contribution in [0.25, 0.3) is 0 Å². The van der Waals surface area contributed by atoms with Crippen molar-refractivity contribution in [3.8, 4) is 0 Å². The normalized spacial score (nSPS) is 34.5. The van der Waals surface area contributed by atoms with Crippen molar-refractivity contribution >= 4 is 5.91 Å². The first-order valence-electron chi connectivity index (χ1n) is 8.41. The molecule has 3 nitrogen and oxygen atoms in total. The largest absolute Gasteiger partial charge is 0.349 e. The molecule has 4 atom stereocenters. The zero-order chi connectivity index (χ0) is 15.7. The van der Waals surface area contributed by atoms with Gasteiger partial charge in [-0.15, -0.1) is 0 Å². The van der Waals surface area contributed by atoms with Gasteiger partial charge in [-0.3, -0.25) is 9.78 Å². The van der Waals surface area contributed by atoms with E-state index in [2.05, 4.69) is 37.1 Å². The van der Waals surface area contributed by atoms with E-state index in [0.29, 0.717) is 11.0 Å². The highest BCUT2D eigenvalue weighted by Crippen LogP contribution is 2.52. The lowest BCUT2D eigenvalue weighted by atomic mass is 9.57. The predicted octanol–water partition coefficient (Wildman–Crippen LogP) is 3.97. The van der Waals surface area contributed by atoms with Gasteiger partial charge in [0.1, 0.15) is 0 Å². The van der Waals surface area contributed by atoms with Crippen LogP contribution in [-0.2, 0) is 0 Å². The van der Waals surface area contributed by atoms with Crippen molar-refractivity contribution in [2.45, 2.75) is 52.5 Å². The van der Waals surface area contributed by atoms with Crippen LogP contribution in [0.1, 0.15) is 56.8 Å². The number of hydrogen-bond acceptors (Lipinski definition) is 2. The Labute approximate surface area is 133 Å². The van der Waals surface area contributed by atoms with Gasteiger partial charge in [0.05, 0.1) is 5.56 Å². The van der Waals surface area contributed by atoms with Gasteiger partial charge in [0.15, 0.2) is 0 Å². The summed E-state index contributed by atoms with van der Waals surface area (Å²) in [5, 5.41) is 3.19. The minimum absolute atomic E-state index is 0.000436. The van der Waals surface area contributed by atoms with Crippen LogP contribution in [0, 0.1) is 17.3 Å². The average Bonchev–Trinajstić information content (AvgIpc) is 2.54. The number of fused-ring (bicyclic) bond motifs is 1. The van der Waals surface area contributed by atoms with Gasteiger partial charge in [-0.25, -0.2) is 0 Å². The van der Waals surface area contributed by atoms with Crippen LogP contribution >= 0.6 is 0 Å². The SMILES string of the molecule is CC1CC=C2C[C@@H](NC(=O)c3cccnc3)CC[C@]2(C)C1C. The first-order chi connectivity index (χ1) is 10.5. The van der Waals surface area contributed by atoms with E-state index in [1.807, 2.05) is 6.07 Å². The van der Waals surface area contributed by atoms with Crippen LogP contribution in [-0.4, -0.2) is 16.9 Å². The molecule has 0 spiro atoms. The number of amides is 1. The third-order valence-electron chi connectivity index (χ3n) is 6.07. The maximum atomic E-state index is 12.3. The van der Waals surface area contributed by atoms with Crippen molar-refractivity contribution in [2.75, 3.05) is 0 Å². The van der Waals surface area contributed by atoms with E-state index in [9.17, 15) is 4.79 Å². The number of pyridine rings is 1. The van der Waals surface area contributed by atoms with Gasteiger partial charge < -0.3 is 5.32 Å². The van der Waals surface area contributed by atoms with Crippen LogP contribution in [0.3, 0.4) is 0 Å². The van der Waals surface area contributed by atoms with Crippen molar-refractivity contribution < 1.29 is 4.79 Å². The lowest BCUT2D eigenvalue weighted by Gasteiger charge is -2.49. The number of allylic oxidation sites excluding steroid dienone is 1. The second-order valence-electron chi connectivity index (χ2n) is 7.30. The Balaban J connectivity index is 1.69. The molecule has 0 saturated heterocycles. The van der Waals surface area contributed by atoms with E-state index in [1.54, 1.807) is 24.0 Å². The second kappa shape index (κ2) is 5.86. The van der Waals surface area contributed by atoms with E-state index in [0.717, 1.165) is 24.7 Å². The van der Waals surface area contributed by atoms with Crippen LogP contribution < -0.4 is 5.32 Å². The summed E-state index contributed by atoms with van der Waals surface area (Å²) < 4.78 is 0. The summed E-state index contributed by atoms with van der Waals surface area (Å²) in [6, 6.07) is 3.88. The van der Waals surface area contributed by atoms with Crippen LogP contribution in [0.2, 0.25) is 0 Å². The van der Waals surface area contributed by atoms with E-state index >= 15 is 0 Å². The number of nitrogens with one attached hydrogen (secondary N) is 1. The first-order valence-corrected chi connectivity index (χ1v) is 8.41. The molecule has 3 rings (SSSR count). The summed E-state index contributed by atoms with van der Waals surface area (Å²) in [7, 11) is 0. The van der Waals surface area contributed by atoms with E-state index < -0.39 is 0 Å². The molecule has 1 heterocycles. The summed E-state index contributed by atoms with van der Waals surface area (Å²) in [6.45, 7) is 7.17. The number of aromatic nitrogens is 1. The zero-order valence-electron chi connectivity index (χ0n) is 13.8. The number of carbonyl (C=O) groups is 1. The lowest BCUT2D eigenvalue weighted by molar-refractivity contribution is 0.0884. The average molecular weight is 298 g/mol. The van der Waals surface area contributed by atoms with Crippen LogP contribution in [0.4, 0.5) is 0 Å². The molecular formula is C19H26N2O. The number of hydrogen-bond donors (Lipinski definition) is 1. The summed E-state index contributed by atoms with van der Waals surface area (Å²) in [5.41, 5.74) is 2.53. The summed E-state index contributed by atoms with van der Waals surface area (Å²) in [5.74, 6) is 1.48. The van der Waals surface area contributed by atoms with Gasteiger partial charge in [-0.2, -0.15) is 0 Å². The molecule has 2 aliphatic carbocycles. The molecular weight excluding hydrogens is 272 g/mol. The van der Waals surface area contributed by atoms with Gasteiger partial charge in [-0.1, -0.05) is 32.4 Å². The zero-order valence-corrected chi connectivity index (χ0v) is 13.8. The molecule has 0 bridgehead atoms. The number of carbonyl (C=O) groups excluding carboxylic acids is 1. The van der Waals surface area contributed by atoms with Crippen molar-refractivity contribution in [2.24, 2.45) is 17.3 Å². The fraction of sp³-hybridized carbons (Fsp3) is 0.579. The first kappa shape index (κ1) is 15.3. The van der Waals surface area contributed by atoms with Gasteiger partial charge in [0.25, 0.3) is 5.91 Å². The Morgan fingerprint density at radius 2 is 2.23 bits per heavy atom. The molecule has 22 heavy (non-hydrogen) atoms. The van der Waals surface area contributed by atoms with Gasteiger partial charge in [-0.05, 0) is 55.1 Å². The molecule has 2 aliphatic rings. The Morgan fingerprint density at radius 1 is 1.41 bits per heavy atom. The number of rotatable bonds is 2. The summed E-state index contributed by atoms with van der Waals surface area (Å²) in [6.07, 6.45) is 10.2. The highest BCUT2D eigenvalue weighted by Gasteiger charge is 2.43. The molecule has 1 amide bonds. The minimum atomic E-state index is -0.000436. The third kappa shape index (κ3) is 2.69. The molecule has 1 N–H and O–H groups in total. The van der Waals surface area contributed by atoms with Gasteiger partial charge in [0, 0.05) is 18.4 Å². The molecule has 3 heteroatoms. The summed E-state index contributed by atoms with van der Waals surface area (Å²) >= 11 is 0. The summed E-state index contributed by atoms with van der Waals surface area (Å²) in [4.78, 5) is 16.3. The van der Waals surface area contributed by atoms with Crippen molar-refractivity contribution in [3.05, 3.63) is 41.7 Å². The maximum absolute atomic E-state index is 12.3. The Hall–Kier alpha value is -1.64. The molecule has 118 valence electrons.